The van der Waals surface area contributed by atoms with Crippen LogP contribution >= 0.6 is 0 Å². The fraction of sp³-hybridized carbons (Fsp3) is 0.500. The number of aliphatic hydroxyl groups excluding tert-OH is 1. The molecule has 0 atom stereocenters. The molecule has 18 heavy (non-hydrogen) atoms. The van der Waals surface area contributed by atoms with Crippen LogP contribution in [0.2, 0.25) is 0 Å². The molecule has 0 aliphatic rings. The maximum atomic E-state index is 11.5. The molecule has 100 valence electrons. The van der Waals surface area contributed by atoms with Crippen molar-refractivity contribution in [2.75, 3.05) is 19.8 Å². The smallest absolute Gasteiger partial charge is 0.257 e. The number of ether oxygens (including phenoxy) is 1. The van der Waals surface area contributed by atoms with Crippen molar-refractivity contribution in [1.82, 2.24) is 5.32 Å². The van der Waals surface area contributed by atoms with Crippen molar-refractivity contribution in [2.45, 2.75) is 27.2 Å². The Labute approximate surface area is 108 Å². The minimum atomic E-state index is -0.164. The molecule has 0 heterocycles. The van der Waals surface area contributed by atoms with E-state index in [0.29, 0.717) is 13.0 Å². The third-order valence-electron chi connectivity index (χ3n) is 2.61. The molecule has 0 aliphatic carbocycles. The summed E-state index contributed by atoms with van der Waals surface area (Å²) in [5.41, 5.74) is 3.26. The Morgan fingerprint density at radius 1 is 1.28 bits per heavy atom. The van der Waals surface area contributed by atoms with E-state index in [-0.39, 0.29) is 19.1 Å². The van der Waals surface area contributed by atoms with Crippen LogP contribution in [0, 0.1) is 20.8 Å². The Morgan fingerprint density at radius 3 is 2.44 bits per heavy atom. The van der Waals surface area contributed by atoms with Gasteiger partial charge in [-0.3, -0.25) is 4.79 Å². The predicted molar refractivity (Wildman–Crippen MR) is 70.9 cm³/mol. The largest absolute Gasteiger partial charge is 0.483 e. The van der Waals surface area contributed by atoms with Gasteiger partial charge in [0.15, 0.2) is 6.61 Å². The van der Waals surface area contributed by atoms with Crippen LogP contribution < -0.4 is 10.1 Å². The maximum absolute atomic E-state index is 11.5. The number of aryl methyl sites for hydroxylation is 3. The number of benzene rings is 1. The van der Waals surface area contributed by atoms with Gasteiger partial charge in [0.2, 0.25) is 0 Å². The molecule has 0 fully saturated rings. The summed E-state index contributed by atoms with van der Waals surface area (Å²) in [4.78, 5) is 11.5. The van der Waals surface area contributed by atoms with Crippen molar-refractivity contribution < 1.29 is 14.6 Å². The van der Waals surface area contributed by atoms with Crippen molar-refractivity contribution in [2.24, 2.45) is 0 Å². The summed E-state index contributed by atoms with van der Waals surface area (Å²) in [6.45, 7) is 6.54. The van der Waals surface area contributed by atoms with E-state index in [9.17, 15) is 4.79 Å². The van der Waals surface area contributed by atoms with Crippen molar-refractivity contribution in [3.05, 3.63) is 28.8 Å². The predicted octanol–water partition coefficient (Wildman–Crippen LogP) is 1.49. The molecular weight excluding hydrogens is 230 g/mol. The topological polar surface area (TPSA) is 58.6 Å². The molecule has 0 aliphatic heterocycles. The van der Waals surface area contributed by atoms with E-state index in [2.05, 4.69) is 5.32 Å². The Kier molecular flexibility index (Phi) is 5.65. The molecule has 1 aromatic carbocycles. The molecule has 0 radical (unpaired) electrons. The van der Waals surface area contributed by atoms with Crippen LogP contribution in [0.3, 0.4) is 0 Å². The highest BCUT2D eigenvalue weighted by atomic mass is 16.5. The molecule has 0 aromatic heterocycles. The molecule has 1 aromatic rings. The summed E-state index contributed by atoms with van der Waals surface area (Å²) in [6.07, 6.45) is 0.564. The summed E-state index contributed by atoms with van der Waals surface area (Å²) in [5, 5.41) is 11.3. The van der Waals surface area contributed by atoms with E-state index in [1.165, 1.54) is 5.56 Å². The maximum Gasteiger partial charge on any atom is 0.257 e. The second kappa shape index (κ2) is 7.01. The van der Waals surface area contributed by atoms with Gasteiger partial charge in [0.05, 0.1) is 0 Å². The van der Waals surface area contributed by atoms with Gasteiger partial charge in [0, 0.05) is 13.2 Å². The van der Waals surface area contributed by atoms with Gasteiger partial charge in [0.25, 0.3) is 5.91 Å². The minimum absolute atomic E-state index is 0.0101. The fourth-order valence-electron chi connectivity index (χ4n) is 1.89. The monoisotopic (exact) mass is 251 g/mol. The number of amides is 1. The van der Waals surface area contributed by atoms with Crippen LogP contribution in [0.25, 0.3) is 0 Å². The number of hydrogen-bond acceptors (Lipinski definition) is 3. The highest BCUT2D eigenvalue weighted by Gasteiger charge is 2.07. The van der Waals surface area contributed by atoms with Gasteiger partial charge in [-0.15, -0.1) is 0 Å². The highest BCUT2D eigenvalue weighted by Crippen LogP contribution is 2.24. The summed E-state index contributed by atoms with van der Waals surface area (Å²) < 4.78 is 5.54. The van der Waals surface area contributed by atoms with Crippen LogP contribution in [-0.4, -0.2) is 30.8 Å². The zero-order chi connectivity index (χ0) is 13.5. The van der Waals surface area contributed by atoms with E-state index < -0.39 is 0 Å². The van der Waals surface area contributed by atoms with Gasteiger partial charge in [-0.05, 0) is 38.3 Å². The number of hydrogen-bond donors (Lipinski definition) is 2. The first-order valence-electron chi connectivity index (χ1n) is 6.12. The summed E-state index contributed by atoms with van der Waals surface area (Å²) >= 11 is 0. The number of carbonyl (C=O) groups is 1. The number of carbonyl (C=O) groups excluding carboxylic acids is 1. The second-order valence-electron chi connectivity index (χ2n) is 4.44. The van der Waals surface area contributed by atoms with Gasteiger partial charge in [0.1, 0.15) is 5.75 Å². The first-order chi connectivity index (χ1) is 8.54. The molecule has 1 amide bonds. The Morgan fingerprint density at radius 2 is 1.89 bits per heavy atom. The van der Waals surface area contributed by atoms with Gasteiger partial charge in [-0.1, -0.05) is 17.7 Å². The lowest BCUT2D eigenvalue weighted by Gasteiger charge is -2.13. The Bertz CT molecular complexity index is 392. The molecule has 0 saturated heterocycles. The first kappa shape index (κ1) is 14.5. The van der Waals surface area contributed by atoms with Crippen LogP contribution in [0.15, 0.2) is 12.1 Å². The number of rotatable bonds is 6. The second-order valence-corrected chi connectivity index (χ2v) is 4.44. The lowest BCUT2D eigenvalue weighted by molar-refractivity contribution is -0.123. The normalized spacial score (nSPS) is 10.2. The zero-order valence-electron chi connectivity index (χ0n) is 11.2. The standard InChI is InChI=1S/C14H21NO3/c1-10-7-11(2)14(12(3)8-10)18-9-13(17)15-5-4-6-16/h7-8,16H,4-6,9H2,1-3H3,(H,15,17). The van der Waals surface area contributed by atoms with Crippen molar-refractivity contribution >= 4 is 5.91 Å². The quantitative estimate of drug-likeness (QED) is 0.753. The molecule has 0 spiro atoms. The molecule has 4 nitrogen and oxygen atoms in total. The van der Waals surface area contributed by atoms with Gasteiger partial charge in [-0.25, -0.2) is 0 Å². The molecule has 2 N–H and O–H groups in total. The van der Waals surface area contributed by atoms with E-state index in [0.717, 1.165) is 16.9 Å². The zero-order valence-corrected chi connectivity index (χ0v) is 11.2. The highest BCUT2D eigenvalue weighted by molar-refractivity contribution is 5.77. The van der Waals surface area contributed by atoms with Crippen LogP contribution in [-0.2, 0) is 4.79 Å². The number of aliphatic hydroxyl groups is 1. The lowest BCUT2D eigenvalue weighted by Crippen LogP contribution is -2.30. The first-order valence-corrected chi connectivity index (χ1v) is 6.12. The van der Waals surface area contributed by atoms with Crippen molar-refractivity contribution in [1.29, 1.82) is 0 Å². The average molecular weight is 251 g/mol. The lowest BCUT2D eigenvalue weighted by atomic mass is 10.1. The van der Waals surface area contributed by atoms with Crippen LogP contribution in [0.5, 0.6) is 5.75 Å². The summed E-state index contributed by atoms with van der Waals surface area (Å²) in [5.74, 6) is 0.612. The molecular formula is C14H21NO3. The third-order valence-corrected chi connectivity index (χ3v) is 2.61. The molecule has 1 rings (SSSR count). The SMILES string of the molecule is Cc1cc(C)c(OCC(=O)NCCCO)c(C)c1. The summed E-state index contributed by atoms with van der Waals surface area (Å²) in [7, 11) is 0. The molecule has 0 saturated carbocycles. The average Bonchev–Trinajstić information content (AvgIpc) is 2.27. The van der Waals surface area contributed by atoms with E-state index >= 15 is 0 Å². The van der Waals surface area contributed by atoms with E-state index in [1.54, 1.807) is 0 Å². The van der Waals surface area contributed by atoms with Gasteiger partial charge in [-0.2, -0.15) is 0 Å². The molecule has 0 unspecified atom stereocenters. The fourth-order valence-corrected chi connectivity index (χ4v) is 1.89. The summed E-state index contributed by atoms with van der Waals surface area (Å²) in [6, 6.07) is 4.07. The van der Waals surface area contributed by atoms with Gasteiger partial charge >= 0.3 is 0 Å². The van der Waals surface area contributed by atoms with Crippen LogP contribution in [0.1, 0.15) is 23.1 Å². The minimum Gasteiger partial charge on any atom is -0.483 e. The van der Waals surface area contributed by atoms with Crippen LogP contribution in [0.4, 0.5) is 0 Å². The van der Waals surface area contributed by atoms with E-state index in [1.807, 2.05) is 32.9 Å². The van der Waals surface area contributed by atoms with Gasteiger partial charge < -0.3 is 15.2 Å². The third kappa shape index (κ3) is 4.37. The number of nitrogens with one attached hydrogen (secondary N) is 1. The van der Waals surface area contributed by atoms with E-state index in [4.69, 9.17) is 9.84 Å². The Hall–Kier alpha value is -1.55. The van der Waals surface area contributed by atoms with Crippen molar-refractivity contribution in [3.8, 4) is 5.75 Å². The van der Waals surface area contributed by atoms with Crippen molar-refractivity contribution in [3.63, 3.8) is 0 Å². The Balaban J connectivity index is 2.51. The molecule has 0 bridgehead atoms. The molecule has 4 heteroatoms.